The van der Waals surface area contributed by atoms with Gasteiger partial charge in [-0.1, -0.05) is 59.6 Å². The summed E-state index contributed by atoms with van der Waals surface area (Å²) in [5.74, 6) is -0.225. The zero-order chi connectivity index (χ0) is 15.4. The summed E-state index contributed by atoms with van der Waals surface area (Å²) in [5.41, 5.74) is 2.35. The molecule has 1 atom stereocenters. The average Bonchev–Trinajstić information content (AvgIpc) is 2.48. The zero-order valence-electron chi connectivity index (χ0n) is 11.4. The van der Waals surface area contributed by atoms with E-state index in [1.54, 1.807) is 6.07 Å². The second-order valence-electron chi connectivity index (χ2n) is 4.75. The number of benzene rings is 2. The molecule has 0 aliphatic carbocycles. The van der Waals surface area contributed by atoms with Gasteiger partial charge in [0, 0.05) is 0 Å². The van der Waals surface area contributed by atoms with Gasteiger partial charge in [0.05, 0.1) is 21.0 Å². The lowest BCUT2D eigenvalue weighted by Crippen LogP contribution is -2.25. The molecule has 0 aliphatic rings. The fourth-order valence-electron chi connectivity index (χ4n) is 1.91. The van der Waals surface area contributed by atoms with Gasteiger partial charge in [0.1, 0.15) is 0 Å². The highest BCUT2D eigenvalue weighted by atomic mass is 35.5. The van der Waals surface area contributed by atoms with Crippen LogP contribution in [0.25, 0.3) is 0 Å². The molecule has 2 aromatic rings. The van der Waals surface area contributed by atoms with E-state index in [1.165, 1.54) is 0 Å². The number of thiol groups is 1. The molecule has 1 N–H and O–H groups in total. The maximum absolute atomic E-state index is 12.2. The Kier molecular flexibility index (Phi) is 5.57. The van der Waals surface area contributed by atoms with Crippen molar-refractivity contribution in [3.63, 3.8) is 0 Å². The minimum Gasteiger partial charge on any atom is -0.323 e. The van der Waals surface area contributed by atoms with Gasteiger partial charge in [-0.3, -0.25) is 4.79 Å². The first-order chi connectivity index (χ1) is 9.99. The Morgan fingerprint density at radius 3 is 2.52 bits per heavy atom. The van der Waals surface area contributed by atoms with Gasteiger partial charge in [0.25, 0.3) is 0 Å². The molecular weight excluding hydrogens is 325 g/mol. The molecule has 2 aromatic carbocycles. The molecule has 0 aromatic heterocycles. The number of hydrogen-bond acceptors (Lipinski definition) is 2. The number of aryl methyl sites for hydroxylation is 1. The highest BCUT2D eigenvalue weighted by molar-refractivity contribution is 7.81. The van der Waals surface area contributed by atoms with Crippen molar-refractivity contribution in [2.24, 2.45) is 0 Å². The van der Waals surface area contributed by atoms with Crippen LogP contribution in [0, 0.1) is 6.92 Å². The minimum absolute atomic E-state index is 0.225. The van der Waals surface area contributed by atoms with Gasteiger partial charge in [0.15, 0.2) is 0 Å². The molecule has 5 heteroatoms. The molecule has 0 spiro atoms. The van der Waals surface area contributed by atoms with Crippen LogP contribution >= 0.6 is 35.8 Å². The standard InChI is InChI=1S/C16H15Cl2NOS/c1-10-7-8-12(17)15(14(10)18)19-16(20)13(21)9-11-5-3-2-4-6-11/h2-8,13,21H,9H2,1H3,(H,19,20). The number of carbonyl (C=O) groups is 1. The van der Waals surface area contributed by atoms with E-state index in [0.717, 1.165) is 11.1 Å². The van der Waals surface area contributed by atoms with E-state index in [4.69, 9.17) is 23.2 Å². The molecule has 0 saturated heterocycles. The van der Waals surface area contributed by atoms with Crippen molar-refractivity contribution in [3.05, 3.63) is 63.6 Å². The van der Waals surface area contributed by atoms with Crippen LogP contribution in [0.3, 0.4) is 0 Å². The molecule has 0 saturated carbocycles. The summed E-state index contributed by atoms with van der Waals surface area (Å²) < 4.78 is 0. The first-order valence-corrected chi connectivity index (χ1v) is 7.73. The second kappa shape index (κ2) is 7.21. The number of amides is 1. The first-order valence-electron chi connectivity index (χ1n) is 6.46. The van der Waals surface area contributed by atoms with E-state index in [0.29, 0.717) is 22.2 Å². The summed E-state index contributed by atoms with van der Waals surface area (Å²) in [6.07, 6.45) is 0.539. The number of halogens is 2. The van der Waals surface area contributed by atoms with Crippen LogP contribution in [0.2, 0.25) is 10.0 Å². The predicted octanol–water partition coefficient (Wildman–Crippen LogP) is 4.78. The van der Waals surface area contributed by atoms with Crippen LogP contribution in [0.5, 0.6) is 0 Å². The lowest BCUT2D eigenvalue weighted by atomic mass is 10.1. The third-order valence-electron chi connectivity index (χ3n) is 3.11. The summed E-state index contributed by atoms with van der Waals surface area (Å²) in [7, 11) is 0. The SMILES string of the molecule is Cc1ccc(Cl)c(NC(=O)C(S)Cc2ccccc2)c1Cl. The van der Waals surface area contributed by atoms with Crippen LogP contribution in [-0.4, -0.2) is 11.2 Å². The van der Waals surface area contributed by atoms with Gasteiger partial charge in [-0.25, -0.2) is 0 Å². The molecule has 0 aliphatic heterocycles. The quantitative estimate of drug-likeness (QED) is 0.771. The average molecular weight is 340 g/mol. The van der Waals surface area contributed by atoms with Gasteiger partial charge >= 0.3 is 0 Å². The van der Waals surface area contributed by atoms with Crippen LogP contribution in [-0.2, 0) is 11.2 Å². The van der Waals surface area contributed by atoms with Crippen LogP contribution < -0.4 is 5.32 Å². The lowest BCUT2D eigenvalue weighted by molar-refractivity contribution is -0.115. The fraction of sp³-hybridized carbons (Fsp3) is 0.188. The molecule has 2 nitrogen and oxygen atoms in total. The van der Waals surface area contributed by atoms with Crippen molar-refractivity contribution in [1.29, 1.82) is 0 Å². The summed E-state index contributed by atoms with van der Waals surface area (Å²) >= 11 is 16.6. The number of anilines is 1. The van der Waals surface area contributed by atoms with Crippen molar-refractivity contribution < 1.29 is 4.79 Å². The summed E-state index contributed by atoms with van der Waals surface area (Å²) in [5, 5.41) is 3.16. The van der Waals surface area contributed by atoms with Crippen molar-refractivity contribution in [1.82, 2.24) is 0 Å². The van der Waals surface area contributed by atoms with Gasteiger partial charge in [-0.05, 0) is 30.5 Å². The molecule has 0 bridgehead atoms. The van der Waals surface area contributed by atoms with Gasteiger partial charge < -0.3 is 5.32 Å². The predicted molar refractivity (Wildman–Crippen MR) is 92.7 cm³/mol. The Labute approximate surface area is 139 Å². The molecule has 0 fully saturated rings. The Balaban J connectivity index is 2.10. The Hall–Kier alpha value is -1.16. The van der Waals surface area contributed by atoms with E-state index in [-0.39, 0.29) is 5.91 Å². The van der Waals surface area contributed by atoms with E-state index < -0.39 is 5.25 Å². The zero-order valence-corrected chi connectivity index (χ0v) is 13.8. The maximum atomic E-state index is 12.2. The minimum atomic E-state index is -0.472. The monoisotopic (exact) mass is 339 g/mol. The highest BCUT2D eigenvalue weighted by Gasteiger charge is 2.18. The summed E-state index contributed by atoms with van der Waals surface area (Å²) in [6.45, 7) is 1.86. The third kappa shape index (κ3) is 4.16. The smallest absolute Gasteiger partial charge is 0.237 e. The molecule has 1 amide bonds. The Bertz CT molecular complexity index is 646. The Morgan fingerprint density at radius 2 is 1.86 bits per heavy atom. The third-order valence-corrected chi connectivity index (χ3v) is 4.33. The first kappa shape index (κ1) is 16.2. The van der Waals surface area contributed by atoms with Crippen molar-refractivity contribution in [2.75, 3.05) is 5.32 Å². The summed E-state index contributed by atoms with van der Waals surface area (Å²) in [6, 6.07) is 13.2. The van der Waals surface area contributed by atoms with Crippen LogP contribution in [0.15, 0.2) is 42.5 Å². The van der Waals surface area contributed by atoms with Crippen LogP contribution in [0.4, 0.5) is 5.69 Å². The van der Waals surface area contributed by atoms with E-state index in [1.807, 2.05) is 43.3 Å². The van der Waals surface area contributed by atoms with Gasteiger partial charge in [0.2, 0.25) is 5.91 Å². The molecule has 2 rings (SSSR count). The topological polar surface area (TPSA) is 29.1 Å². The molecule has 21 heavy (non-hydrogen) atoms. The van der Waals surface area contributed by atoms with Gasteiger partial charge in [-0.15, -0.1) is 0 Å². The largest absolute Gasteiger partial charge is 0.323 e. The lowest BCUT2D eigenvalue weighted by Gasteiger charge is -2.14. The summed E-state index contributed by atoms with van der Waals surface area (Å²) in [4.78, 5) is 12.2. The van der Waals surface area contributed by atoms with E-state index in [2.05, 4.69) is 17.9 Å². The van der Waals surface area contributed by atoms with Crippen molar-refractivity contribution in [2.45, 2.75) is 18.6 Å². The highest BCUT2D eigenvalue weighted by Crippen LogP contribution is 2.33. The second-order valence-corrected chi connectivity index (χ2v) is 6.16. The normalized spacial score (nSPS) is 12.0. The van der Waals surface area contributed by atoms with Gasteiger partial charge in [-0.2, -0.15) is 12.6 Å². The molecule has 110 valence electrons. The maximum Gasteiger partial charge on any atom is 0.237 e. The molecule has 0 radical (unpaired) electrons. The van der Waals surface area contributed by atoms with E-state index in [9.17, 15) is 4.79 Å². The number of rotatable bonds is 4. The van der Waals surface area contributed by atoms with E-state index >= 15 is 0 Å². The fourth-order valence-corrected chi connectivity index (χ4v) is 2.65. The van der Waals surface area contributed by atoms with Crippen molar-refractivity contribution in [3.8, 4) is 0 Å². The number of nitrogens with one attached hydrogen (secondary N) is 1. The van der Waals surface area contributed by atoms with Crippen LogP contribution in [0.1, 0.15) is 11.1 Å². The number of carbonyl (C=O) groups excluding carboxylic acids is 1. The Morgan fingerprint density at radius 1 is 1.19 bits per heavy atom. The number of hydrogen-bond donors (Lipinski definition) is 2. The molecule has 0 heterocycles. The molecular formula is C16H15Cl2NOS. The molecule has 1 unspecified atom stereocenters. The van der Waals surface area contributed by atoms with Crippen molar-refractivity contribution >= 4 is 47.4 Å².